The number of aryl methyl sites for hydroxylation is 1. The summed E-state index contributed by atoms with van der Waals surface area (Å²) in [7, 11) is -3.41. The maximum absolute atomic E-state index is 11.4. The molecule has 11 heteroatoms. The lowest BCUT2D eigenvalue weighted by atomic mass is 10.3. The van der Waals surface area contributed by atoms with Gasteiger partial charge in [0, 0.05) is 13.1 Å². The highest BCUT2D eigenvalue weighted by molar-refractivity contribution is 7.89. The Labute approximate surface area is 121 Å². The van der Waals surface area contributed by atoms with Crippen LogP contribution in [0.1, 0.15) is 12.6 Å². The predicted molar refractivity (Wildman–Crippen MR) is 74.4 cm³/mol. The quantitative estimate of drug-likeness (QED) is 0.429. The molecular weight excluding hydrogens is 310 g/mol. The molecule has 1 rings (SSSR count). The van der Waals surface area contributed by atoms with E-state index in [0.717, 1.165) is 0 Å². The lowest BCUT2D eigenvalue weighted by Crippen LogP contribution is -2.29. The van der Waals surface area contributed by atoms with E-state index >= 15 is 0 Å². The molecule has 9 nitrogen and oxygen atoms in total. The molecule has 1 heterocycles. The first-order valence-electron chi connectivity index (χ1n) is 5.66. The summed E-state index contributed by atoms with van der Waals surface area (Å²) in [4.78, 5) is 17.7. The molecule has 0 aliphatic heterocycles. The van der Waals surface area contributed by atoms with E-state index in [-0.39, 0.29) is 41.3 Å². The third-order valence-electron chi connectivity index (χ3n) is 2.24. The highest BCUT2D eigenvalue weighted by Crippen LogP contribution is 2.26. The van der Waals surface area contributed by atoms with E-state index in [1.165, 1.54) is 6.92 Å². The maximum Gasteiger partial charge on any atom is 0.332 e. The van der Waals surface area contributed by atoms with Crippen LogP contribution in [0.25, 0.3) is 0 Å². The standard InChI is InChI=1S/C9H14ClN5O4S/c1-3-12-20(18,19)5-4-11-8-7(15(16)17)6(2)13-9(10)14-8/h12H,3-5H2,1-2H3,(H,11,13,14). The van der Waals surface area contributed by atoms with Crippen molar-refractivity contribution in [1.29, 1.82) is 0 Å². The minimum absolute atomic E-state index is 0.0387. The first-order valence-corrected chi connectivity index (χ1v) is 7.69. The van der Waals surface area contributed by atoms with Crippen LogP contribution < -0.4 is 10.0 Å². The molecule has 0 bridgehead atoms. The number of aromatic nitrogens is 2. The second kappa shape index (κ2) is 6.77. The van der Waals surface area contributed by atoms with Gasteiger partial charge in [-0.1, -0.05) is 6.92 Å². The molecule has 0 atom stereocenters. The molecule has 1 aromatic heterocycles. The Morgan fingerprint density at radius 3 is 2.60 bits per heavy atom. The van der Waals surface area contributed by atoms with Crippen molar-refractivity contribution in [2.75, 3.05) is 24.2 Å². The van der Waals surface area contributed by atoms with Crippen molar-refractivity contribution in [3.05, 3.63) is 21.1 Å². The number of rotatable bonds is 7. The van der Waals surface area contributed by atoms with Gasteiger partial charge in [-0.05, 0) is 18.5 Å². The predicted octanol–water partition coefficient (Wildman–Crippen LogP) is 0.698. The monoisotopic (exact) mass is 323 g/mol. The molecule has 1 aromatic rings. The number of hydrogen-bond acceptors (Lipinski definition) is 7. The second-order valence-corrected chi connectivity index (χ2v) is 6.04. The number of nitro groups is 1. The molecule has 2 N–H and O–H groups in total. The largest absolute Gasteiger partial charge is 0.363 e. The highest BCUT2D eigenvalue weighted by Gasteiger charge is 2.21. The van der Waals surface area contributed by atoms with Crippen LogP contribution in [0.15, 0.2) is 0 Å². The number of sulfonamides is 1. The van der Waals surface area contributed by atoms with Gasteiger partial charge in [-0.2, -0.15) is 4.98 Å². The van der Waals surface area contributed by atoms with Crippen LogP contribution in [0.3, 0.4) is 0 Å². The topological polar surface area (TPSA) is 127 Å². The molecule has 0 saturated carbocycles. The number of hydrogen-bond donors (Lipinski definition) is 2. The Kier molecular flexibility index (Phi) is 5.60. The van der Waals surface area contributed by atoms with Crippen LogP contribution >= 0.6 is 11.6 Å². The van der Waals surface area contributed by atoms with E-state index in [1.807, 2.05) is 0 Å². The van der Waals surface area contributed by atoms with Crippen LogP contribution in [0, 0.1) is 17.0 Å². The molecule has 0 fully saturated rings. The Balaban J connectivity index is 2.85. The van der Waals surface area contributed by atoms with Gasteiger partial charge >= 0.3 is 5.69 Å². The Morgan fingerprint density at radius 2 is 2.05 bits per heavy atom. The van der Waals surface area contributed by atoms with Crippen molar-refractivity contribution in [3.63, 3.8) is 0 Å². The van der Waals surface area contributed by atoms with Gasteiger partial charge in [-0.25, -0.2) is 18.1 Å². The van der Waals surface area contributed by atoms with Crippen molar-refractivity contribution < 1.29 is 13.3 Å². The van der Waals surface area contributed by atoms with E-state index in [4.69, 9.17) is 11.6 Å². The van der Waals surface area contributed by atoms with Crippen molar-refractivity contribution >= 4 is 33.1 Å². The molecule has 0 radical (unpaired) electrons. The molecule has 112 valence electrons. The van der Waals surface area contributed by atoms with Gasteiger partial charge in [-0.3, -0.25) is 10.1 Å². The zero-order valence-electron chi connectivity index (χ0n) is 10.9. The van der Waals surface area contributed by atoms with Crippen molar-refractivity contribution in [2.24, 2.45) is 0 Å². The normalized spacial score (nSPS) is 11.3. The molecule has 0 saturated heterocycles. The fourth-order valence-electron chi connectivity index (χ4n) is 1.47. The van der Waals surface area contributed by atoms with Gasteiger partial charge in [0.2, 0.25) is 21.1 Å². The third-order valence-corrected chi connectivity index (χ3v) is 3.88. The summed E-state index contributed by atoms with van der Waals surface area (Å²) in [5, 5.41) is 13.4. The summed E-state index contributed by atoms with van der Waals surface area (Å²) in [6.45, 7) is 3.32. The van der Waals surface area contributed by atoms with Crippen LogP contribution in [-0.4, -0.2) is 42.2 Å². The number of nitrogens with one attached hydrogen (secondary N) is 2. The van der Waals surface area contributed by atoms with Crippen molar-refractivity contribution in [1.82, 2.24) is 14.7 Å². The molecule has 0 spiro atoms. The fourth-order valence-corrected chi connectivity index (χ4v) is 2.64. The lowest BCUT2D eigenvalue weighted by Gasteiger charge is -2.08. The summed E-state index contributed by atoms with van der Waals surface area (Å²) in [5.41, 5.74) is -0.220. The van der Waals surface area contributed by atoms with Crippen molar-refractivity contribution in [2.45, 2.75) is 13.8 Å². The molecule has 0 aromatic carbocycles. The fraction of sp³-hybridized carbons (Fsp3) is 0.556. The van der Waals surface area contributed by atoms with Crippen LogP contribution in [0.2, 0.25) is 5.28 Å². The Hall–Kier alpha value is -1.52. The molecule has 0 aliphatic rings. The van der Waals surface area contributed by atoms with Gasteiger partial charge in [-0.15, -0.1) is 0 Å². The zero-order valence-corrected chi connectivity index (χ0v) is 12.5. The van der Waals surface area contributed by atoms with E-state index in [9.17, 15) is 18.5 Å². The lowest BCUT2D eigenvalue weighted by molar-refractivity contribution is -0.385. The molecule has 20 heavy (non-hydrogen) atoms. The van der Waals surface area contributed by atoms with Gasteiger partial charge in [0.15, 0.2) is 0 Å². The van der Waals surface area contributed by atoms with E-state index in [0.29, 0.717) is 0 Å². The average Bonchev–Trinajstić information content (AvgIpc) is 2.26. The van der Waals surface area contributed by atoms with Gasteiger partial charge in [0.05, 0.1) is 10.7 Å². The smallest absolute Gasteiger partial charge is 0.332 e. The molecule has 0 amide bonds. The van der Waals surface area contributed by atoms with Crippen LogP contribution in [-0.2, 0) is 10.0 Å². The van der Waals surface area contributed by atoms with E-state index in [2.05, 4.69) is 20.0 Å². The Bertz CT molecular complexity index is 607. The number of halogens is 1. The molecular formula is C9H14ClN5O4S. The molecule has 0 aliphatic carbocycles. The maximum atomic E-state index is 11.4. The minimum Gasteiger partial charge on any atom is -0.363 e. The Morgan fingerprint density at radius 1 is 1.40 bits per heavy atom. The van der Waals surface area contributed by atoms with Crippen LogP contribution in [0.4, 0.5) is 11.5 Å². The average molecular weight is 324 g/mol. The first-order chi connectivity index (χ1) is 9.26. The number of anilines is 1. The summed E-state index contributed by atoms with van der Waals surface area (Å²) in [6.07, 6.45) is 0. The molecule has 0 unspecified atom stereocenters. The second-order valence-electron chi connectivity index (χ2n) is 3.78. The highest BCUT2D eigenvalue weighted by atomic mass is 35.5. The van der Waals surface area contributed by atoms with E-state index < -0.39 is 14.9 Å². The minimum atomic E-state index is -3.41. The summed E-state index contributed by atoms with van der Waals surface area (Å²) in [6, 6.07) is 0. The zero-order chi connectivity index (χ0) is 15.3. The van der Waals surface area contributed by atoms with Gasteiger partial charge < -0.3 is 5.32 Å². The third kappa shape index (κ3) is 4.54. The van der Waals surface area contributed by atoms with E-state index in [1.54, 1.807) is 6.92 Å². The number of nitrogens with zero attached hydrogens (tertiary/aromatic N) is 3. The van der Waals surface area contributed by atoms with Gasteiger partial charge in [0.25, 0.3) is 0 Å². The summed E-state index contributed by atoms with van der Waals surface area (Å²) >= 11 is 5.63. The van der Waals surface area contributed by atoms with Crippen molar-refractivity contribution in [3.8, 4) is 0 Å². The summed E-state index contributed by atoms with van der Waals surface area (Å²) in [5.74, 6) is -0.335. The SMILES string of the molecule is CCNS(=O)(=O)CCNc1nc(Cl)nc(C)c1[N+](=O)[O-]. The van der Waals surface area contributed by atoms with Gasteiger partial charge in [0.1, 0.15) is 5.69 Å². The summed E-state index contributed by atoms with van der Waals surface area (Å²) < 4.78 is 25.2. The van der Waals surface area contributed by atoms with Crippen LogP contribution in [0.5, 0.6) is 0 Å². The first kappa shape index (κ1) is 16.5.